The van der Waals surface area contributed by atoms with E-state index in [2.05, 4.69) is 0 Å². The highest BCUT2D eigenvalue weighted by atomic mass is 35.6. The number of hydrogen-bond donors (Lipinski definition) is 0. The molecule has 119 valence electrons. The lowest BCUT2D eigenvalue weighted by atomic mass is 10.0. The van der Waals surface area contributed by atoms with Gasteiger partial charge in [0.15, 0.2) is 8.67 Å². The van der Waals surface area contributed by atoms with Crippen LogP contribution >= 0.6 is 104 Å². The minimum atomic E-state index is -2.34. The molecule has 0 aliphatic rings. The van der Waals surface area contributed by atoms with Crippen molar-refractivity contribution in [2.24, 2.45) is 0 Å². The Morgan fingerprint density at radius 1 is 0.714 bits per heavy atom. The molecular weight excluding hydrogens is 467 g/mol. The molecule has 0 bridgehead atoms. The van der Waals surface area contributed by atoms with E-state index in [1.54, 1.807) is 0 Å². The van der Waals surface area contributed by atoms with Gasteiger partial charge in [-0.15, -0.1) is 0 Å². The SMILES string of the molecule is [O]Cc1ccc(C(Cl)(Cl)C(Cl)(Cl)C(Cl)(Cl)C(Cl)(Cl)Cl)cc1. The van der Waals surface area contributed by atoms with Crippen molar-refractivity contribution >= 4 is 104 Å². The Labute approximate surface area is 167 Å². The van der Waals surface area contributed by atoms with Crippen LogP contribution < -0.4 is 0 Å². The summed E-state index contributed by atoms with van der Waals surface area (Å²) < 4.78 is -8.93. The van der Waals surface area contributed by atoms with Gasteiger partial charge < -0.3 is 0 Å². The summed E-state index contributed by atoms with van der Waals surface area (Å²) in [4.78, 5) is 0. The smallest absolute Gasteiger partial charge is 0.226 e. The molecule has 0 heterocycles. The molecular formula is C11H6Cl9O. The van der Waals surface area contributed by atoms with Crippen molar-refractivity contribution in [3.8, 4) is 0 Å². The molecule has 0 spiro atoms. The summed E-state index contributed by atoms with van der Waals surface area (Å²) in [7, 11) is 0. The fourth-order valence-corrected chi connectivity index (χ4v) is 3.60. The Balaban J connectivity index is 3.32. The van der Waals surface area contributed by atoms with Gasteiger partial charge in [-0.1, -0.05) is 129 Å². The van der Waals surface area contributed by atoms with E-state index in [4.69, 9.17) is 104 Å². The van der Waals surface area contributed by atoms with E-state index in [1.807, 2.05) is 0 Å². The summed E-state index contributed by atoms with van der Waals surface area (Å²) >= 11 is 53.7. The lowest BCUT2D eigenvalue weighted by Gasteiger charge is -2.44. The molecule has 0 unspecified atom stereocenters. The molecule has 1 aromatic rings. The van der Waals surface area contributed by atoms with Gasteiger partial charge in [0.1, 0.15) is 6.61 Å². The van der Waals surface area contributed by atoms with Crippen LogP contribution in [0.4, 0.5) is 0 Å². The van der Waals surface area contributed by atoms with E-state index in [0.29, 0.717) is 5.56 Å². The highest BCUT2D eigenvalue weighted by Crippen LogP contribution is 2.65. The van der Waals surface area contributed by atoms with Crippen LogP contribution in [-0.4, -0.2) is 12.5 Å². The monoisotopic (exact) mass is 469 g/mol. The predicted molar refractivity (Wildman–Crippen MR) is 93.4 cm³/mol. The molecule has 1 rings (SSSR count). The zero-order valence-electron chi connectivity index (χ0n) is 9.83. The van der Waals surface area contributed by atoms with Crippen molar-refractivity contribution in [1.29, 1.82) is 0 Å². The maximum absolute atomic E-state index is 10.8. The molecule has 0 N–H and O–H groups in total. The predicted octanol–water partition coefficient (Wildman–Crippen LogP) is 6.97. The van der Waals surface area contributed by atoms with Gasteiger partial charge in [-0.25, -0.2) is 5.11 Å². The van der Waals surface area contributed by atoms with Crippen molar-refractivity contribution in [1.82, 2.24) is 0 Å². The molecule has 0 atom stereocenters. The first-order chi connectivity index (χ1) is 9.29. The molecule has 21 heavy (non-hydrogen) atoms. The van der Waals surface area contributed by atoms with Crippen LogP contribution in [0.2, 0.25) is 0 Å². The number of hydrogen-bond acceptors (Lipinski definition) is 0. The maximum atomic E-state index is 10.8. The van der Waals surface area contributed by atoms with Crippen LogP contribution in [0.3, 0.4) is 0 Å². The third-order valence-corrected chi connectivity index (χ3v) is 8.10. The van der Waals surface area contributed by atoms with E-state index >= 15 is 0 Å². The normalized spacial score (nSPS) is 14.4. The second-order valence-corrected chi connectivity index (χ2v) is 10.3. The van der Waals surface area contributed by atoms with Crippen molar-refractivity contribution in [2.75, 3.05) is 0 Å². The van der Waals surface area contributed by atoms with Gasteiger partial charge in [-0.2, -0.15) is 0 Å². The van der Waals surface area contributed by atoms with Gasteiger partial charge in [0.05, 0.1) is 0 Å². The minimum Gasteiger partial charge on any atom is -0.232 e. The van der Waals surface area contributed by atoms with Crippen molar-refractivity contribution in [2.45, 2.75) is 23.4 Å². The summed E-state index contributed by atoms with van der Waals surface area (Å²) in [6.07, 6.45) is 0. The maximum Gasteiger partial charge on any atom is 0.226 e. The van der Waals surface area contributed by atoms with Gasteiger partial charge >= 0.3 is 0 Å². The summed E-state index contributed by atoms with van der Waals surface area (Å²) in [5.74, 6) is 0. The second-order valence-electron chi connectivity index (χ2n) is 4.06. The Hall–Kier alpha value is 1.79. The molecule has 0 amide bonds. The van der Waals surface area contributed by atoms with E-state index in [1.165, 1.54) is 24.3 Å². The molecule has 1 radical (unpaired) electrons. The number of rotatable bonds is 4. The fourth-order valence-electron chi connectivity index (χ4n) is 1.37. The molecule has 1 nitrogen and oxygen atoms in total. The Morgan fingerprint density at radius 2 is 1.14 bits per heavy atom. The first-order valence-electron chi connectivity index (χ1n) is 5.16. The van der Waals surface area contributed by atoms with Crippen LogP contribution in [0, 0.1) is 0 Å². The summed E-state index contributed by atoms with van der Waals surface area (Å²) in [6.45, 7) is -0.409. The third kappa shape index (κ3) is 3.90. The standard InChI is InChI=1S/C11H6Cl9O/c12-8(13,7-3-1-6(5-21)2-4-7)9(14,15)10(16,17)11(18,19)20/h1-4H,5H2. The van der Waals surface area contributed by atoms with Crippen LogP contribution in [0.25, 0.3) is 0 Å². The molecule has 0 aliphatic heterocycles. The topological polar surface area (TPSA) is 19.9 Å². The van der Waals surface area contributed by atoms with Crippen LogP contribution in [0.15, 0.2) is 24.3 Å². The highest BCUT2D eigenvalue weighted by Gasteiger charge is 2.68. The molecule has 1 aromatic carbocycles. The lowest BCUT2D eigenvalue weighted by Crippen LogP contribution is -2.54. The molecule has 0 saturated carbocycles. The van der Waals surface area contributed by atoms with Crippen LogP contribution in [0.5, 0.6) is 0 Å². The number of benzene rings is 1. The van der Waals surface area contributed by atoms with Gasteiger partial charge in [0.25, 0.3) is 0 Å². The summed E-state index contributed by atoms with van der Waals surface area (Å²) in [5.41, 5.74) is 0.745. The largest absolute Gasteiger partial charge is 0.232 e. The summed E-state index contributed by atoms with van der Waals surface area (Å²) in [5, 5.41) is 10.8. The van der Waals surface area contributed by atoms with E-state index in [9.17, 15) is 5.11 Å². The Kier molecular flexibility index (Phi) is 6.90. The average Bonchev–Trinajstić information content (AvgIpc) is 2.37. The fraction of sp³-hybridized carbons (Fsp3) is 0.455. The van der Waals surface area contributed by atoms with E-state index in [-0.39, 0.29) is 5.56 Å². The summed E-state index contributed by atoms with van der Waals surface area (Å²) in [6, 6.07) is 5.92. The van der Waals surface area contributed by atoms with Crippen molar-refractivity contribution in [3.05, 3.63) is 35.4 Å². The molecule has 0 aromatic heterocycles. The van der Waals surface area contributed by atoms with Gasteiger partial charge in [-0.05, 0) is 11.1 Å². The van der Waals surface area contributed by atoms with Gasteiger partial charge in [0.2, 0.25) is 8.13 Å². The Morgan fingerprint density at radius 3 is 1.48 bits per heavy atom. The minimum absolute atomic E-state index is 0.230. The second kappa shape index (κ2) is 6.96. The molecule has 0 aliphatic carbocycles. The highest BCUT2D eigenvalue weighted by molar-refractivity contribution is 6.80. The van der Waals surface area contributed by atoms with Crippen molar-refractivity contribution in [3.63, 3.8) is 0 Å². The molecule has 0 fully saturated rings. The zero-order valence-corrected chi connectivity index (χ0v) is 16.6. The van der Waals surface area contributed by atoms with Gasteiger partial charge in [0, 0.05) is 0 Å². The van der Waals surface area contributed by atoms with E-state index < -0.39 is 23.4 Å². The van der Waals surface area contributed by atoms with Crippen LogP contribution in [0.1, 0.15) is 11.1 Å². The van der Waals surface area contributed by atoms with E-state index in [0.717, 1.165) is 0 Å². The van der Waals surface area contributed by atoms with Crippen LogP contribution in [-0.2, 0) is 16.0 Å². The molecule has 10 heteroatoms. The zero-order chi connectivity index (χ0) is 16.7. The number of alkyl halides is 9. The quantitative estimate of drug-likeness (QED) is 0.422. The Bertz CT molecular complexity index is 489. The third-order valence-electron chi connectivity index (χ3n) is 2.63. The first kappa shape index (κ1) is 20.8. The lowest BCUT2D eigenvalue weighted by molar-refractivity contribution is 0.177. The van der Waals surface area contributed by atoms with Gasteiger partial charge in [-0.3, -0.25) is 0 Å². The first-order valence-corrected chi connectivity index (χ1v) is 8.57. The van der Waals surface area contributed by atoms with Crippen molar-refractivity contribution < 1.29 is 5.11 Å². The average molecular weight is 473 g/mol. The number of halogens is 9. The molecule has 0 saturated heterocycles.